The average molecular weight is 329 g/mol. The van der Waals surface area contributed by atoms with Gasteiger partial charge >= 0.3 is 0 Å². The molecule has 0 unspecified atom stereocenters. The van der Waals surface area contributed by atoms with Crippen molar-refractivity contribution < 1.29 is 4.74 Å². The number of halogens is 1. The maximum absolute atomic E-state index is 5.21. The molecule has 16 heavy (non-hydrogen) atoms. The highest BCUT2D eigenvalue weighted by atomic mass is 127. The first-order valence-electron chi connectivity index (χ1n) is 4.87. The molecule has 2 rings (SSSR count). The van der Waals surface area contributed by atoms with Gasteiger partial charge < -0.3 is 4.74 Å². The molecule has 2 aromatic rings. The van der Waals surface area contributed by atoms with Gasteiger partial charge in [-0.3, -0.25) is 9.67 Å². The first kappa shape index (κ1) is 11.4. The van der Waals surface area contributed by atoms with E-state index in [9.17, 15) is 0 Å². The fourth-order valence-electron chi connectivity index (χ4n) is 1.49. The highest BCUT2D eigenvalue weighted by Gasteiger charge is 2.02. The van der Waals surface area contributed by atoms with Crippen LogP contribution in [0.2, 0.25) is 0 Å². The Labute approximate surface area is 108 Å². The number of pyridine rings is 1. The van der Waals surface area contributed by atoms with Crippen LogP contribution >= 0.6 is 22.6 Å². The van der Waals surface area contributed by atoms with Crippen molar-refractivity contribution in [1.82, 2.24) is 14.8 Å². The zero-order chi connectivity index (χ0) is 11.5. The van der Waals surface area contributed by atoms with E-state index in [1.54, 1.807) is 7.11 Å². The van der Waals surface area contributed by atoms with E-state index in [-0.39, 0.29) is 0 Å². The number of aryl methyl sites for hydroxylation is 1. The third-order valence-corrected chi connectivity index (χ3v) is 2.70. The zero-order valence-corrected chi connectivity index (χ0v) is 11.3. The van der Waals surface area contributed by atoms with Gasteiger partial charge in [-0.25, -0.2) is 0 Å². The fraction of sp³-hybridized carbons (Fsp3) is 0.273. The SMILES string of the molecule is COc1cc(C)nc(Cn2cc(I)cn2)c1. The number of nitrogens with zero attached hydrogens (tertiary/aromatic N) is 3. The first-order chi connectivity index (χ1) is 7.67. The topological polar surface area (TPSA) is 39.9 Å². The fourth-order valence-corrected chi connectivity index (χ4v) is 1.94. The van der Waals surface area contributed by atoms with Crippen LogP contribution in [0.25, 0.3) is 0 Å². The van der Waals surface area contributed by atoms with Crippen LogP contribution in [0, 0.1) is 10.5 Å². The predicted octanol–water partition coefficient (Wildman–Crippen LogP) is 2.25. The summed E-state index contributed by atoms with van der Waals surface area (Å²) in [6.07, 6.45) is 3.81. The van der Waals surface area contributed by atoms with E-state index in [1.807, 2.05) is 36.1 Å². The Balaban J connectivity index is 2.24. The third kappa shape index (κ3) is 2.72. The zero-order valence-electron chi connectivity index (χ0n) is 9.14. The Hall–Kier alpha value is -1.11. The summed E-state index contributed by atoms with van der Waals surface area (Å²) < 4.78 is 8.19. The van der Waals surface area contributed by atoms with Crippen molar-refractivity contribution in [3.05, 3.63) is 39.5 Å². The van der Waals surface area contributed by atoms with Crippen LogP contribution < -0.4 is 4.74 Å². The Bertz CT molecular complexity index is 496. The van der Waals surface area contributed by atoms with Crippen molar-refractivity contribution in [2.45, 2.75) is 13.5 Å². The van der Waals surface area contributed by atoms with Crippen molar-refractivity contribution in [2.24, 2.45) is 0 Å². The van der Waals surface area contributed by atoms with Gasteiger partial charge in [0.15, 0.2) is 0 Å². The summed E-state index contributed by atoms with van der Waals surface area (Å²) in [5.74, 6) is 0.837. The van der Waals surface area contributed by atoms with Gasteiger partial charge in [0.1, 0.15) is 5.75 Å². The van der Waals surface area contributed by atoms with Crippen molar-refractivity contribution in [3.8, 4) is 5.75 Å². The third-order valence-electron chi connectivity index (χ3n) is 2.14. The molecule has 0 amide bonds. The lowest BCUT2D eigenvalue weighted by molar-refractivity contribution is 0.412. The lowest BCUT2D eigenvalue weighted by Gasteiger charge is -2.05. The quantitative estimate of drug-likeness (QED) is 0.811. The van der Waals surface area contributed by atoms with Gasteiger partial charge in [0.25, 0.3) is 0 Å². The summed E-state index contributed by atoms with van der Waals surface area (Å²) in [6, 6.07) is 3.85. The van der Waals surface area contributed by atoms with Crippen LogP contribution in [0.3, 0.4) is 0 Å². The van der Waals surface area contributed by atoms with Crippen LogP contribution in [-0.2, 0) is 6.54 Å². The average Bonchev–Trinajstić information content (AvgIpc) is 2.63. The van der Waals surface area contributed by atoms with E-state index in [2.05, 4.69) is 32.7 Å². The van der Waals surface area contributed by atoms with E-state index in [1.165, 1.54) is 0 Å². The molecule has 0 atom stereocenters. The molecule has 5 heteroatoms. The second-order valence-electron chi connectivity index (χ2n) is 3.50. The minimum Gasteiger partial charge on any atom is -0.497 e. The van der Waals surface area contributed by atoms with Gasteiger partial charge in [-0.2, -0.15) is 5.10 Å². The van der Waals surface area contributed by atoms with E-state index in [0.717, 1.165) is 20.7 Å². The van der Waals surface area contributed by atoms with Gasteiger partial charge in [0.2, 0.25) is 0 Å². The molecular weight excluding hydrogens is 317 g/mol. The summed E-state index contributed by atoms with van der Waals surface area (Å²) in [5, 5.41) is 4.22. The number of rotatable bonds is 3. The molecule has 0 saturated carbocycles. The molecule has 0 aliphatic heterocycles. The van der Waals surface area contributed by atoms with Crippen LogP contribution in [0.1, 0.15) is 11.4 Å². The molecule has 0 aromatic carbocycles. The largest absolute Gasteiger partial charge is 0.497 e. The normalized spacial score (nSPS) is 10.4. The van der Waals surface area contributed by atoms with E-state index in [0.29, 0.717) is 6.54 Å². The highest BCUT2D eigenvalue weighted by molar-refractivity contribution is 14.1. The molecule has 0 fully saturated rings. The number of hydrogen-bond acceptors (Lipinski definition) is 3. The molecule has 0 spiro atoms. The molecular formula is C11H12IN3O. The molecule has 0 saturated heterocycles. The van der Waals surface area contributed by atoms with Crippen LogP contribution in [0.15, 0.2) is 24.5 Å². The second kappa shape index (κ2) is 4.82. The Morgan fingerprint density at radius 2 is 2.25 bits per heavy atom. The van der Waals surface area contributed by atoms with Gasteiger partial charge in [-0.15, -0.1) is 0 Å². The number of ether oxygens (including phenoxy) is 1. The van der Waals surface area contributed by atoms with Gasteiger partial charge in [0.05, 0.1) is 29.1 Å². The van der Waals surface area contributed by atoms with Gasteiger partial charge in [-0.05, 0) is 29.5 Å². The molecule has 0 bridgehead atoms. The van der Waals surface area contributed by atoms with E-state index < -0.39 is 0 Å². The Morgan fingerprint density at radius 1 is 1.44 bits per heavy atom. The summed E-state index contributed by atoms with van der Waals surface area (Å²) in [5.41, 5.74) is 1.91. The molecule has 4 nitrogen and oxygen atoms in total. The summed E-state index contributed by atoms with van der Waals surface area (Å²) in [4.78, 5) is 4.44. The predicted molar refractivity (Wildman–Crippen MR) is 69.6 cm³/mol. The van der Waals surface area contributed by atoms with Crippen molar-refractivity contribution in [1.29, 1.82) is 0 Å². The molecule has 0 aliphatic carbocycles. The maximum atomic E-state index is 5.21. The molecule has 0 radical (unpaired) electrons. The standard InChI is InChI=1S/C11H12IN3O/c1-8-3-11(16-2)4-10(14-8)7-15-6-9(12)5-13-15/h3-6H,7H2,1-2H3. The molecule has 2 heterocycles. The monoisotopic (exact) mass is 329 g/mol. The lowest BCUT2D eigenvalue weighted by atomic mass is 10.3. The summed E-state index contributed by atoms with van der Waals surface area (Å²) >= 11 is 2.24. The highest BCUT2D eigenvalue weighted by Crippen LogP contribution is 2.14. The summed E-state index contributed by atoms with van der Waals surface area (Å²) in [7, 11) is 1.66. The van der Waals surface area contributed by atoms with Crippen molar-refractivity contribution >= 4 is 22.6 Å². The van der Waals surface area contributed by atoms with Gasteiger partial charge in [-0.1, -0.05) is 0 Å². The Kier molecular flexibility index (Phi) is 3.42. The smallest absolute Gasteiger partial charge is 0.122 e. The van der Waals surface area contributed by atoms with Gasteiger partial charge in [0, 0.05) is 24.0 Å². The van der Waals surface area contributed by atoms with Crippen molar-refractivity contribution in [3.63, 3.8) is 0 Å². The number of hydrogen-bond donors (Lipinski definition) is 0. The van der Waals surface area contributed by atoms with E-state index >= 15 is 0 Å². The second-order valence-corrected chi connectivity index (χ2v) is 4.74. The number of methoxy groups -OCH3 is 1. The summed E-state index contributed by atoms with van der Waals surface area (Å²) in [6.45, 7) is 2.62. The number of aromatic nitrogens is 3. The van der Waals surface area contributed by atoms with E-state index in [4.69, 9.17) is 4.74 Å². The minimum atomic E-state index is 0.668. The molecule has 2 aromatic heterocycles. The molecule has 0 aliphatic rings. The first-order valence-corrected chi connectivity index (χ1v) is 5.95. The van der Waals surface area contributed by atoms with Crippen LogP contribution in [0.5, 0.6) is 5.75 Å². The minimum absolute atomic E-state index is 0.668. The maximum Gasteiger partial charge on any atom is 0.122 e. The van der Waals surface area contributed by atoms with Crippen LogP contribution in [-0.4, -0.2) is 21.9 Å². The lowest BCUT2D eigenvalue weighted by Crippen LogP contribution is -2.03. The van der Waals surface area contributed by atoms with Crippen molar-refractivity contribution in [2.75, 3.05) is 7.11 Å². The Morgan fingerprint density at radius 3 is 2.88 bits per heavy atom. The van der Waals surface area contributed by atoms with Crippen LogP contribution in [0.4, 0.5) is 0 Å². The molecule has 84 valence electrons. The molecule has 0 N–H and O–H groups in total.